The standard InChI is InChI=1S/C12H14F3N3O/c1-18(7-12(13,14)15)11(19)8-2-3-9-10(6-8)17-5-4-16-9/h2-3,6,16-17H,4-5,7H2,1H3. The van der Waals surface area contributed by atoms with E-state index in [0.717, 1.165) is 25.0 Å². The molecule has 0 aliphatic carbocycles. The number of fused-ring (bicyclic) bond motifs is 1. The molecule has 1 aliphatic rings. The molecule has 2 N–H and O–H groups in total. The normalized spacial score (nSPS) is 14.1. The molecule has 1 aromatic rings. The molecule has 19 heavy (non-hydrogen) atoms. The third-order valence-electron chi connectivity index (χ3n) is 2.79. The Bertz CT molecular complexity index is 488. The highest BCUT2D eigenvalue weighted by Crippen LogP contribution is 2.26. The highest BCUT2D eigenvalue weighted by molar-refractivity contribution is 5.96. The van der Waals surface area contributed by atoms with E-state index in [0.29, 0.717) is 11.4 Å². The molecule has 1 heterocycles. The lowest BCUT2D eigenvalue weighted by Crippen LogP contribution is -2.35. The number of carbonyl (C=O) groups is 1. The minimum Gasteiger partial charge on any atom is -0.382 e. The number of halogens is 3. The lowest BCUT2D eigenvalue weighted by atomic mass is 10.1. The Morgan fingerprint density at radius 2 is 1.89 bits per heavy atom. The fourth-order valence-corrected chi connectivity index (χ4v) is 1.93. The SMILES string of the molecule is CN(CC(F)(F)F)C(=O)c1ccc2c(c1)NCCN2. The summed E-state index contributed by atoms with van der Waals surface area (Å²) in [6, 6.07) is 4.78. The van der Waals surface area contributed by atoms with Crippen LogP contribution in [0.25, 0.3) is 0 Å². The van der Waals surface area contributed by atoms with Crippen LogP contribution in [0.4, 0.5) is 24.5 Å². The Balaban J connectivity index is 2.15. The monoisotopic (exact) mass is 273 g/mol. The molecule has 0 saturated carbocycles. The Labute approximate surface area is 108 Å². The molecular weight excluding hydrogens is 259 g/mol. The van der Waals surface area contributed by atoms with E-state index >= 15 is 0 Å². The molecule has 0 bridgehead atoms. The van der Waals surface area contributed by atoms with Crippen molar-refractivity contribution < 1.29 is 18.0 Å². The largest absolute Gasteiger partial charge is 0.406 e. The van der Waals surface area contributed by atoms with Gasteiger partial charge < -0.3 is 15.5 Å². The summed E-state index contributed by atoms with van der Waals surface area (Å²) in [6.07, 6.45) is -4.39. The van der Waals surface area contributed by atoms with Gasteiger partial charge >= 0.3 is 6.18 Å². The first kappa shape index (κ1) is 13.5. The number of nitrogens with one attached hydrogen (secondary N) is 2. The molecule has 0 radical (unpaired) electrons. The molecule has 1 aromatic carbocycles. The lowest BCUT2D eigenvalue weighted by Gasteiger charge is -2.22. The zero-order valence-corrected chi connectivity index (χ0v) is 10.3. The van der Waals surface area contributed by atoms with Crippen LogP contribution < -0.4 is 10.6 Å². The molecule has 0 saturated heterocycles. The van der Waals surface area contributed by atoms with Crippen molar-refractivity contribution in [2.45, 2.75) is 6.18 Å². The van der Waals surface area contributed by atoms with Crippen LogP contribution in [0.3, 0.4) is 0 Å². The number of rotatable bonds is 2. The summed E-state index contributed by atoms with van der Waals surface area (Å²) in [5, 5.41) is 6.22. The van der Waals surface area contributed by atoms with Gasteiger partial charge in [0.1, 0.15) is 6.54 Å². The fourth-order valence-electron chi connectivity index (χ4n) is 1.93. The van der Waals surface area contributed by atoms with Crippen LogP contribution in [0.2, 0.25) is 0 Å². The number of anilines is 2. The van der Waals surface area contributed by atoms with Gasteiger partial charge in [0.15, 0.2) is 0 Å². The zero-order chi connectivity index (χ0) is 14.0. The van der Waals surface area contributed by atoms with Crippen molar-refractivity contribution in [2.24, 2.45) is 0 Å². The van der Waals surface area contributed by atoms with Crippen LogP contribution in [0.5, 0.6) is 0 Å². The maximum Gasteiger partial charge on any atom is 0.406 e. The van der Waals surface area contributed by atoms with Gasteiger partial charge in [0.25, 0.3) is 5.91 Å². The molecule has 0 fully saturated rings. The van der Waals surface area contributed by atoms with Crippen molar-refractivity contribution in [3.63, 3.8) is 0 Å². The van der Waals surface area contributed by atoms with Gasteiger partial charge in [-0.1, -0.05) is 0 Å². The predicted molar refractivity (Wildman–Crippen MR) is 66.4 cm³/mol. The van der Waals surface area contributed by atoms with Crippen molar-refractivity contribution in [3.05, 3.63) is 23.8 Å². The van der Waals surface area contributed by atoms with Gasteiger partial charge in [0, 0.05) is 25.7 Å². The van der Waals surface area contributed by atoms with E-state index in [1.165, 1.54) is 6.07 Å². The molecule has 0 aromatic heterocycles. The number of amides is 1. The van der Waals surface area contributed by atoms with Crippen molar-refractivity contribution in [3.8, 4) is 0 Å². The maximum absolute atomic E-state index is 12.2. The molecule has 0 unspecified atom stereocenters. The number of hydrogen-bond donors (Lipinski definition) is 2. The van der Waals surface area contributed by atoms with E-state index in [9.17, 15) is 18.0 Å². The summed E-state index contributed by atoms with van der Waals surface area (Å²) in [6.45, 7) is 0.228. The Morgan fingerprint density at radius 1 is 1.26 bits per heavy atom. The number of nitrogens with zero attached hydrogens (tertiary/aromatic N) is 1. The summed E-state index contributed by atoms with van der Waals surface area (Å²) in [5.74, 6) is -0.646. The van der Waals surface area contributed by atoms with Gasteiger partial charge in [-0.3, -0.25) is 4.79 Å². The molecule has 0 spiro atoms. The number of alkyl halides is 3. The lowest BCUT2D eigenvalue weighted by molar-refractivity contribution is -0.138. The summed E-state index contributed by atoms with van der Waals surface area (Å²) in [4.78, 5) is 12.6. The van der Waals surface area contributed by atoms with E-state index < -0.39 is 18.6 Å². The highest BCUT2D eigenvalue weighted by atomic mass is 19.4. The highest BCUT2D eigenvalue weighted by Gasteiger charge is 2.31. The minimum atomic E-state index is -4.39. The minimum absolute atomic E-state index is 0.238. The first-order chi connectivity index (χ1) is 8.87. The van der Waals surface area contributed by atoms with E-state index in [1.807, 2.05) is 0 Å². The summed E-state index contributed by atoms with van der Waals surface area (Å²) in [5.41, 5.74) is 1.82. The number of carbonyl (C=O) groups excluding carboxylic acids is 1. The number of benzene rings is 1. The first-order valence-corrected chi connectivity index (χ1v) is 5.81. The van der Waals surface area contributed by atoms with Crippen molar-refractivity contribution in [1.82, 2.24) is 4.90 Å². The summed E-state index contributed by atoms with van der Waals surface area (Å²) in [7, 11) is 1.14. The van der Waals surface area contributed by atoms with Crippen molar-refractivity contribution >= 4 is 17.3 Å². The van der Waals surface area contributed by atoms with E-state index in [2.05, 4.69) is 10.6 Å². The second kappa shape index (κ2) is 4.99. The maximum atomic E-state index is 12.2. The fraction of sp³-hybridized carbons (Fsp3) is 0.417. The molecule has 4 nitrogen and oxygen atoms in total. The van der Waals surface area contributed by atoms with E-state index in [1.54, 1.807) is 12.1 Å². The molecule has 2 rings (SSSR count). The van der Waals surface area contributed by atoms with Gasteiger partial charge in [0.05, 0.1) is 11.4 Å². The van der Waals surface area contributed by atoms with Gasteiger partial charge in [-0.05, 0) is 18.2 Å². The summed E-state index contributed by atoms with van der Waals surface area (Å²) < 4.78 is 36.7. The molecule has 1 amide bonds. The van der Waals surface area contributed by atoms with Crippen molar-refractivity contribution in [1.29, 1.82) is 0 Å². The van der Waals surface area contributed by atoms with Gasteiger partial charge in [-0.15, -0.1) is 0 Å². The van der Waals surface area contributed by atoms with Crippen LogP contribution in [-0.2, 0) is 0 Å². The quantitative estimate of drug-likeness (QED) is 0.868. The third-order valence-corrected chi connectivity index (χ3v) is 2.79. The third kappa shape index (κ3) is 3.30. The smallest absolute Gasteiger partial charge is 0.382 e. The van der Waals surface area contributed by atoms with Crippen LogP contribution in [0.15, 0.2) is 18.2 Å². The second-order valence-electron chi connectivity index (χ2n) is 4.39. The van der Waals surface area contributed by atoms with Gasteiger partial charge in [0.2, 0.25) is 0 Å². The van der Waals surface area contributed by atoms with Gasteiger partial charge in [-0.2, -0.15) is 13.2 Å². The second-order valence-corrected chi connectivity index (χ2v) is 4.39. The van der Waals surface area contributed by atoms with E-state index in [-0.39, 0.29) is 5.56 Å². The van der Waals surface area contributed by atoms with Crippen LogP contribution in [0.1, 0.15) is 10.4 Å². The molecule has 7 heteroatoms. The average Bonchev–Trinajstić information content (AvgIpc) is 2.35. The van der Waals surface area contributed by atoms with Crippen LogP contribution >= 0.6 is 0 Å². The Hall–Kier alpha value is -1.92. The molecule has 0 atom stereocenters. The number of hydrogen-bond acceptors (Lipinski definition) is 3. The van der Waals surface area contributed by atoms with Crippen molar-refractivity contribution in [2.75, 3.05) is 37.3 Å². The molecule has 104 valence electrons. The van der Waals surface area contributed by atoms with Crippen LogP contribution in [-0.4, -0.2) is 43.7 Å². The van der Waals surface area contributed by atoms with Crippen LogP contribution in [0, 0.1) is 0 Å². The first-order valence-electron chi connectivity index (χ1n) is 5.81. The summed E-state index contributed by atoms with van der Waals surface area (Å²) >= 11 is 0. The molecular formula is C12H14F3N3O. The topological polar surface area (TPSA) is 44.4 Å². The Kier molecular flexibility index (Phi) is 3.55. The molecule has 1 aliphatic heterocycles. The average molecular weight is 273 g/mol. The zero-order valence-electron chi connectivity index (χ0n) is 10.3. The predicted octanol–water partition coefficient (Wildman–Crippen LogP) is 2.16. The van der Waals surface area contributed by atoms with E-state index in [4.69, 9.17) is 0 Å². The Morgan fingerprint density at radius 3 is 2.53 bits per heavy atom. The van der Waals surface area contributed by atoms with Gasteiger partial charge in [-0.25, -0.2) is 0 Å².